The maximum absolute atomic E-state index is 5.22. The van der Waals surface area contributed by atoms with Crippen LogP contribution in [0.1, 0.15) is 12.8 Å². The summed E-state index contributed by atoms with van der Waals surface area (Å²) in [4.78, 5) is 2.28. The largest absolute Gasteiger partial charge is 0.381 e. The molecule has 0 aromatic carbocycles. The molecular formula is C7H15NO. The van der Waals surface area contributed by atoms with Crippen molar-refractivity contribution in [1.29, 1.82) is 0 Å². The van der Waals surface area contributed by atoms with Gasteiger partial charge in [-0.15, -0.1) is 0 Å². The summed E-state index contributed by atoms with van der Waals surface area (Å²) in [6.07, 6.45) is 2.40. The van der Waals surface area contributed by atoms with Crippen molar-refractivity contribution in [3.05, 3.63) is 0 Å². The first-order valence-electron chi connectivity index (χ1n) is 3.55. The Morgan fingerprint density at radius 3 is 2.11 bits per heavy atom. The summed E-state index contributed by atoms with van der Waals surface area (Å²) in [5.74, 6) is 0. The molecule has 0 aliphatic carbocycles. The average Bonchev–Trinajstić information content (AvgIpc) is 1.90. The SMILES string of the molecule is CN(C)C1CCOCC1. The highest BCUT2D eigenvalue weighted by Gasteiger charge is 2.14. The molecule has 1 fully saturated rings. The molecule has 0 aromatic rings. The Hall–Kier alpha value is -0.0800. The molecule has 54 valence electrons. The van der Waals surface area contributed by atoms with Crippen molar-refractivity contribution in [2.24, 2.45) is 0 Å². The van der Waals surface area contributed by atoms with E-state index in [4.69, 9.17) is 4.74 Å². The Morgan fingerprint density at radius 2 is 1.78 bits per heavy atom. The third kappa shape index (κ3) is 1.95. The van der Waals surface area contributed by atoms with Gasteiger partial charge in [-0.3, -0.25) is 0 Å². The van der Waals surface area contributed by atoms with Crippen molar-refractivity contribution in [2.75, 3.05) is 27.3 Å². The van der Waals surface area contributed by atoms with Crippen LogP contribution in [0.25, 0.3) is 0 Å². The molecule has 1 heterocycles. The second-order valence-electron chi connectivity index (χ2n) is 2.81. The molecule has 0 spiro atoms. The molecule has 1 aliphatic heterocycles. The van der Waals surface area contributed by atoms with Gasteiger partial charge in [0.05, 0.1) is 0 Å². The number of ether oxygens (including phenoxy) is 1. The van der Waals surface area contributed by atoms with Gasteiger partial charge in [0, 0.05) is 19.3 Å². The molecule has 0 N–H and O–H groups in total. The van der Waals surface area contributed by atoms with Crippen LogP contribution in [0.4, 0.5) is 0 Å². The fourth-order valence-corrected chi connectivity index (χ4v) is 1.20. The van der Waals surface area contributed by atoms with Gasteiger partial charge < -0.3 is 9.64 Å². The first-order chi connectivity index (χ1) is 4.30. The minimum absolute atomic E-state index is 0.763. The van der Waals surface area contributed by atoms with Crippen molar-refractivity contribution in [1.82, 2.24) is 4.90 Å². The summed E-state index contributed by atoms with van der Waals surface area (Å²) >= 11 is 0. The lowest BCUT2D eigenvalue weighted by Gasteiger charge is -2.27. The Balaban J connectivity index is 2.23. The lowest BCUT2D eigenvalue weighted by atomic mass is 10.1. The first-order valence-corrected chi connectivity index (χ1v) is 3.55. The van der Waals surface area contributed by atoms with Crippen LogP contribution >= 0.6 is 0 Å². The van der Waals surface area contributed by atoms with Gasteiger partial charge >= 0.3 is 0 Å². The molecule has 2 nitrogen and oxygen atoms in total. The predicted octanol–water partition coefficient (Wildman–Crippen LogP) is 0.727. The standard InChI is InChI=1S/C7H15NO/c1-8(2)7-3-5-9-6-4-7/h7H,3-6H2,1-2H3. The Bertz CT molecular complexity index is 77.0. The fraction of sp³-hybridized carbons (Fsp3) is 1.00. The molecule has 0 aromatic heterocycles. The van der Waals surface area contributed by atoms with E-state index < -0.39 is 0 Å². The van der Waals surface area contributed by atoms with Crippen LogP contribution in [0.5, 0.6) is 0 Å². The molecule has 9 heavy (non-hydrogen) atoms. The third-order valence-corrected chi connectivity index (χ3v) is 1.92. The molecule has 1 saturated heterocycles. The van der Waals surface area contributed by atoms with E-state index in [0.29, 0.717) is 0 Å². The normalized spacial score (nSPS) is 23.0. The zero-order chi connectivity index (χ0) is 6.69. The van der Waals surface area contributed by atoms with Gasteiger partial charge in [-0.1, -0.05) is 0 Å². The van der Waals surface area contributed by atoms with Crippen LogP contribution in [0, 0.1) is 0 Å². The highest BCUT2D eigenvalue weighted by atomic mass is 16.5. The summed E-state index contributed by atoms with van der Waals surface area (Å²) < 4.78 is 5.22. The van der Waals surface area contributed by atoms with E-state index in [1.165, 1.54) is 12.8 Å². The molecule has 0 atom stereocenters. The second-order valence-corrected chi connectivity index (χ2v) is 2.81. The third-order valence-electron chi connectivity index (χ3n) is 1.92. The van der Waals surface area contributed by atoms with Crippen molar-refractivity contribution < 1.29 is 4.74 Å². The van der Waals surface area contributed by atoms with E-state index in [-0.39, 0.29) is 0 Å². The maximum atomic E-state index is 5.22. The van der Waals surface area contributed by atoms with E-state index in [2.05, 4.69) is 19.0 Å². The number of rotatable bonds is 1. The van der Waals surface area contributed by atoms with Crippen molar-refractivity contribution >= 4 is 0 Å². The summed E-state index contributed by atoms with van der Waals surface area (Å²) in [7, 11) is 4.27. The van der Waals surface area contributed by atoms with Crippen LogP contribution in [-0.4, -0.2) is 38.3 Å². The van der Waals surface area contributed by atoms with Crippen LogP contribution in [0.2, 0.25) is 0 Å². The Morgan fingerprint density at radius 1 is 1.22 bits per heavy atom. The monoisotopic (exact) mass is 129 g/mol. The van der Waals surface area contributed by atoms with E-state index in [1.54, 1.807) is 0 Å². The smallest absolute Gasteiger partial charge is 0.0480 e. The molecular weight excluding hydrogens is 114 g/mol. The zero-order valence-electron chi connectivity index (χ0n) is 6.26. The summed E-state index contributed by atoms with van der Waals surface area (Å²) in [5.41, 5.74) is 0. The molecule has 1 rings (SSSR count). The summed E-state index contributed by atoms with van der Waals surface area (Å²) in [5, 5.41) is 0. The first kappa shape index (κ1) is 7.03. The van der Waals surface area contributed by atoms with E-state index in [9.17, 15) is 0 Å². The fourth-order valence-electron chi connectivity index (χ4n) is 1.20. The summed E-state index contributed by atoms with van der Waals surface area (Å²) in [6, 6.07) is 0.763. The summed E-state index contributed by atoms with van der Waals surface area (Å²) in [6.45, 7) is 1.89. The van der Waals surface area contributed by atoms with Gasteiger partial charge in [0.2, 0.25) is 0 Å². The van der Waals surface area contributed by atoms with Crippen LogP contribution in [0.15, 0.2) is 0 Å². The zero-order valence-corrected chi connectivity index (χ0v) is 6.26. The Kier molecular flexibility index (Phi) is 2.49. The number of hydrogen-bond acceptors (Lipinski definition) is 2. The predicted molar refractivity (Wildman–Crippen MR) is 37.5 cm³/mol. The minimum atomic E-state index is 0.763. The van der Waals surface area contributed by atoms with Gasteiger partial charge in [0.25, 0.3) is 0 Å². The second kappa shape index (κ2) is 3.18. The van der Waals surface area contributed by atoms with Crippen LogP contribution in [0.3, 0.4) is 0 Å². The molecule has 0 saturated carbocycles. The van der Waals surface area contributed by atoms with Crippen LogP contribution in [-0.2, 0) is 4.74 Å². The quantitative estimate of drug-likeness (QED) is 0.517. The topological polar surface area (TPSA) is 12.5 Å². The molecule has 0 amide bonds. The van der Waals surface area contributed by atoms with Crippen LogP contribution < -0.4 is 0 Å². The van der Waals surface area contributed by atoms with Gasteiger partial charge in [-0.05, 0) is 26.9 Å². The van der Waals surface area contributed by atoms with Gasteiger partial charge in [0.1, 0.15) is 0 Å². The van der Waals surface area contributed by atoms with E-state index in [0.717, 1.165) is 19.3 Å². The van der Waals surface area contributed by atoms with Gasteiger partial charge in [-0.25, -0.2) is 0 Å². The van der Waals surface area contributed by atoms with E-state index >= 15 is 0 Å². The lowest BCUT2D eigenvalue weighted by Crippen LogP contribution is -2.33. The average molecular weight is 129 g/mol. The van der Waals surface area contributed by atoms with Crippen molar-refractivity contribution in [2.45, 2.75) is 18.9 Å². The van der Waals surface area contributed by atoms with Gasteiger partial charge in [-0.2, -0.15) is 0 Å². The number of nitrogens with zero attached hydrogens (tertiary/aromatic N) is 1. The van der Waals surface area contributed by atoms with E-state index in [1.807, 2.05) is 0 Å². The number of hydrogen-bond donors (Lipinski definition) is 0. The molecule has 0 bridgehead atoms. The maximum Gasteiger partial charge on any atom is 0.0480 e. The molecule has 1 aliphatic rings. The lowest BCUT2D eigenvalue weighted by molar-refractivity contribution is 0.0506. The molecule has 2 heteroatoms. The molecule has 0 radical (unpaired) electrons. The molecule has 0 unspecified atom stereocenters. The van der Waals surface area contributed by atoms with Crippen molar-refractivity contribution in [3.63, 3.8) is 0 Å². The highest BCUT2D eigenvalue weighted by Crippen LogP contribution is 2.10. The minimum Gasteiger partial charge on any atom is -0.381 e. The highest BCUT2D eigenvalue weighted by molar-refractivity contribution is 4.68. The Labute approximate surface area is 56.8 Å². The van der Waals surface area contributed by atoms with Gasteiger partial charge in [0.15, 0.2) is 0 Å². The van der Waals surface area contributed by atoms with Crippen molar-refractivity contribution in [3.8, 4) is 0 Å².